The van der Waals surface area contributed by atoms with E-state index in [9.17, 15) is 4.79 Å². The SMILES string of the molecule is C=CC(=O)OCCCc1ccc(N=Nc2ccc(C)cc2)cc1. The molecule has 118 valence electrons. The second-order valence-corrected chi connectivity index (χ2v) is 5.18. The van der Waals surface area contributed by atoms with E-state index in [0.717, 1.165) is 24.2 Å². The van der Waals surface area contributed by atoms with Crippen molar-refractivity contribution >= 4 is 17.3 Å². The van der Waals surface area contributed by atoms with E-state index in [1.807, 2.05) is 55.5 Å². The van der Waals surface area contributed by atoms with Gasteiger partial charge in [-0.05, 0) is 49.6 Å². The molecule has 0 aliphatic carbocycles. The molecule has 0 atom stereocenters. The molecule has 2 aromatic rings. The Hall–Kier alpha value is -2.75. The second-order valence-electron chi connectivity index (χ2n) is 5.18. The third-order valence-corrected chi connectivity index (χ3v) is 3.27. The van der Waals surface area contributed by atoms with Crippen LogP contribution in [0.15, 0.2) is 71.4 Å². The number of carbonyl (C=O) groups excluding carboxylic acids is 1. The molecule has 0 spiro atoms. The van der Waals surface area contributed by atoms with Gasteiger partial charge in [-0.25, -0.2) is 4.79 Å². The van der Waals surface area contributed by atoms with Crippen molar-refractivity contribution < 1.29 is 9.53 Å². The van der Waals surface area contributed by atoms with Crippen LogP contribution in [-0.4, -0.2) is 12.6 Å². The van der Waals surface area contributed by atoms with Gasteiger partial charge in [-0.3, -0.25) is 0 Å². The third kappa shape index (κ3) is 5.87. The van der Waals surface area contributed by atoms with E-state index in [0.29, 0.717) is 6.61 Å². The molecule has 0 unspecified atom stereocenters. The van der Waals surface area contributed by atoms with Crippen LogP contribution < -0.4 is 0 Å². The lowest BCUT2D eigenvalue weighted by atomic mass is 10.1. The lowest BCUT2D eigenvalue weighted by Gasteiger charge is -2.03. The fourth-order valence-corrected chi connectivity index (χ4v) is 1.96. The van der Waals surface area contributed by atoms with E-state index in [1.165, 1.54) is 17.2 Å². The number of aryl methyl sites for hydroxylation is 2. The van der Waals surface area contributed by atoms with Gasteiger partial charge in [0.05, 0.1) is 18.0 Å². The summed E-state index contributed by atoms with van der Waals surface area (Å²) in [5.41, 5.74) is 4.03. The summed E-state index contributed by atoms with van der Waals surface area (Å²) in [5.74, 6) is -0.378. The summed E-state index contributed by atoms with van der Waals surface area (Å²) in [7, 11) is 0. The maximum Gasteiger partial charge on any atom is 0.330 e. The number of hydrogen-bond donors (Lipinski definition) is 0. The van der Waals surface area contributed by atoms with Gasteiger partial charge in [0.2, 0.25) is 0 Å². The van der Waals surface area contributed by atoms with Crippen LogP contribution in [0, 0.1) is 6.92 Å². The largest absolute Gasteiger partial charge is 0.463 e. The normalized spacial score (nSPS) is 10.7. The van der Waals surface area contributed by atoms with Crippen LogP contribution in [0.1, 0.15) is 17.5 Å². The van der Waals surface area contributed by atoms with Crippen molar-refractivity contribution in [3.63, 3.8) is 0 Å². The van der Waals surface area contributed by atoms with E-state index >= 15 is 0 Å². The first-order valence-corrected chi connectivity index (χ1v) is 7.54. The molecule has 0 radical (unpaired) electrons. The molecule has 0 fully saturated rings. The van der Waals surface area contributed by atoms with Gasteiger partial charge in [0.15, 0.2) is 0 Å². The molecule has 0 aliphatic heterocycles. The van der Waals surface area contributed by atoms with Crippen LogP contribution in [0.4, 0.5) is 11.4 Å². The minimum absolute atomic E-state index is 0.378. The zero-order valence-electron chi connectivity index (χ0n) is 13.2. The Balaban J connectivity index is 1.83. The van der Waals surface area contributed by atoms with Gasteiger partial charge < -0.3 is 4.74 Å². The van der Waals surface area contributed by atoms with Gasteiger partial charge in [-0.1, -0.05) is 36.4 Å². The van der Waals surface area contributed by atoms with Crippen LogP contribution >= 0.6 is 0 Å². The molecule has 0 amide bonds. The van der Waals surface area contributed by atoms with Crippen molar-refractivity contribution in [1.82, 2.24) is 0 Å². The summed E-state index contributed by atoms with van der Waals surface area (Å²) in [4.78, 5) is 10.9. The Morgan fingerprint density at radius 2 is 1.61 bits per heavy atom. The molecule has 0 N–H and O–H groups in total. The van der Waals surface area contributed by atoms with Crippen LogP contribution in [0.3, 0.4) is 0 Å². The summed E-state index contributed by atoms with van der Waals surface area (Å²) in [6.45, 7) is 5.80. The first-order chi connectivity index (χ1) is 11.2. The average molecular weight is 308 g/mol. The standard InChI is InChI=1S/C19H20N2O2/c1-3-19(22)23-14-4-5-16-8-12-18(13-9-16)21-20-17-10-6-15(2)7-11-17/h3,6-13H,1,4-5,14H2,2H3. The fourth-order valence-electron chi connectivity index (χ4n) is 1.96. The minimum Gasteiger partial charge on any atom is -0.463 e. The summed E-state index contributed by atoms with van der Waals surface area (Å²) >= 11 is 0. The monoisotopic (exact) mass is 308 g/mol. The maximum atomic E-state index is 10.9. The molecule has 2 aromatic carbocycles. The molecule has 0 bridgehead atoms. The summed E-state index contributed by atoms with van der Waals surface area (Å²) < 4.78 is 4.94. The average Bonchev–Trinajstić information content (AvgIpc) is 2.59. The number of carbonyl (C=O) groups is 1. The second kappa shape index (κ2) is 8.63. The molecular formula is C19H20N2O2. The summed E-state index contributed by atoms with van der Waals surface area (Å²) in [5, 5.41) is 8.43. The molecule has 0 saturated heterocycles. The van der Waals surface area contributed by atoms with Crippen molar-refractivity contribution in [2.24, 2.45) is 10.2 Å². The van der Waals surface area contributed by atoms with Gasteiger partial charge in [0.25, 0.3) is 0 Å². The quantitative estimate of drug-likeness (QED) is 0.310. The predicted octanol–water partition coefficient (Wildman–Crippen LogP) is 5.07. The van der Waals surface area contributed by atoms with Gasteiger partial charge in [0, 0.05) is 6.08 Å². The summed E-state index contributed by atoms with van der Waals surface area (Å²) in [6.07, 6.45) is 2.80. The zero-order chi connectivity index (χ0) is 16.5. The van der Waals surface area contributed by atoms with Crippen molar-refractivity contribution in [3.05, 3.63) is 72.3 Å². The molecule has 4 nitrogen and oxygen atoms in total. The molecule has 0 aromatic heterocycles. The van der Waals surface area contributed by atoms with E-state index in [-0.39, 0.29) is 5.97 Å². The number of azo groups is 1. The fraction of sp³-hybridized carbons (Fsp3) is 0.211. The van der Waals surface area contributed by atoms with E-state index in [1.54, 1.807) is 0 Å². The van der Waals surface area contributed by atoms with Crippen molar-refractivity contribution in [1.29, 1.82) is 0 Å². The van der Waals surface area contributed by atoms with E-state index in [2.05, 4.69) is 16.8 Å². The number of nitrogens with zero attached hydrogens (tertiary/aromatic N) is 2. The lowest BCUT2D eigenvalue weighted by Crippen LogP contribution is -2.02. The van der Waals surface area contributed by atoms with Crippen molar-refractivity contribution in [3.8, 4) is 0 Å². The smallest absolute Gasteiger partial charge is 0.330 e. The van der Waals surface area contributed by atoms with E-state index in [4.69, 9.17) is 4.74 Å². The lowest BCUT2D eigenvalue weighted by molar-refractivity contribution is -0.137. The summed E-state index contributed by atoms with van der Waals surface area (Å²) in [6, 6.07) is 15.8. The number of ether oxygens (including phenoxy) is 1. The highest BCUT2D eigenvalue weighted by atomic mass is 16.5. The Kier molecular flexibility index (Phi) is 6.24. The van der Waals surface area contributed by atoms with Crippen LogP contribution in [0.25, 0.3) is 0 Å². The molecule has 0 heterocycles. The van der Waals surface area contributed by atoms with Crippen molar-refractivity contribution in [2.75, 3.05) is 6.61 Å². The Bertz CT molecular complexity index is 674. The number of rotatable bonds is 7. The molecule has 4 heteroatoms. The minimum atomic E-state index is -0.378. The third-order valence-electron chi connectivity index (χ3n) is 3.27. The zero-order valence-corrected chi connectivity index (χ0v) is 13.2. The van der Waals surface area contributed by atoms with Crippen LogP contribution in [0.2, 0.25) is 0 Å². The highest BCUT2D eigenvalue weighted by Gasteiger charge is 1.98. The number of hydrogen-bond acceptors (Lipinski definition) is 4. The molecule has 2 rings (SSSR count). The van der Waals surface area contributed by atoms with Gasteiger partial charge in [-0.15, -0.1) is 0 Å². The van der Waals surface area contributed by atoms with Gasteiger partial charge in [-0.2, -0.15) is 10.2 Å². The molecule has 0 saturated carbocycles. The maximum absolute atomic E-state index is 10.9. The molecule has 23 heavy (non-hydrogen) atoms. The highest BCUT2D eigenvalue weighted by molar-refractivity contribution is 5.81. The predicted molar refractivity (Wildman–Crippen MR) is 91.3 cm³/mol. The molecule has 0 aliphatic rings. The Labute approximate surface area is 136 Å². The first-order valence-electron chi connectivity index (χ1n) is 7.54. The van der Waals surface area contributed by atoms with Crippen LogP contribution in [0.5, 0.6) is 0 Å². The first kappa shape index (κ1) is 16.6. The highest BCUT2D eigenvalue weighted by Crippen LogP contribution is 2.19. The van der Waals surface area contributed by atoms with E-state index < -0.39 is 0 Å². The number of benzene rings is 2. The van der Waals surface area contributed by atoms with Crippen molar-refractivity contribution in [2.45, 2.75) is 19.8 Å². The van der Waals surface area contributed by atoms with Gasteiger partial charge >= 0.3 is 5.97 Å². The molecular weight excluding hydrogens is 288 g/mol. The number of esters is 1. The Morgan fingerprint density at radius 3 is 2.17 bits per heavy atom. The topological polar surface area (TPSA) is 51.0 Å². The van der Waals surface area contributed by atoms with Crippen LogP contribution in [-0.2, 0) is 16.0 Å². The van der Waals surface area contributed by atoms with Gasteiger partial charge in [0.1, 0.15) is 0 Å². The Morgan fingerprint density at radius 1 is 1.04 bits per heavy atom.